The maximum atomic E-state index is 13.0. The van der Waals surface area contributed by atoms with Crippen molar-refractivity contribution in [1.82, 2.24) is 19.5 Å². The Morgan fingerprint density at radius 2 is 2.08 bits per heavy atom. The summed E-state index contributed by atoms with van der Waals surface area (Å²) in [5.74, 6) is 0.651. The van der Waals surface area contributed by atoms with Crippen LogP contribution in [0.2, 0.25) is 0 Å². The number of fused-ring (bicyclic) bond motifs is 1. The van der Waals surface area contributed by atoms with Gasteiger partial charge in [-0.1, -0.05) is 43.7 Å². The molecule has 1 amide bonds. The number of benzene rings is 1. The van der Waals surface area contributed by atoms with Gasteiger partial charge in [0.15, 0.2) is 5.65 Å². The smallest absolute Gasteiger partial charge is 0.259 e. The van der Waals surface area contributed by atoms with Crippen molar-refractivity contribution in [2.24, 2.45) is 5.92 Å². The molecule has 3 heterocycles. The first-order valence-corrected chi connectivity index (χ1v) is 8.95. The van der Waals surface area contributed by atoms with Crippen LogP contribution in [0.3, 0.4) is 0 Å². The monoisotopic (exact) mass is 334 g/mol. The fraction of sp³-hybridized carbons (Fsp3) is 0.350. The van der Waals surface area contributed by atoms with Crippen molar-refractivity contribution in [2.75, 3.05) is 13.1 Å². The summed E-state index contributed by atoms with van der Waals surface area (Å²) in [6, 6.07) is 12.0. The third-order valence-corrected chi connectivity index (χ3v) is 5.08. The maximum absolute atomic E-state index is 13.0. The van der Waals surface area contributed by atoms with E-state index in [-0.39, 0.29) is 5.91 Å². The van der Waals surface area contributed by atoms with Crippen LogP contribution in [-0.2, 0) is 0 Å². The zero-order valence-corrected chi connectivity index (χ0v) is 14.4. The molecule has 0 N–H and O–H groups in total. The average molecular weight is 334 g/mol. The molecule has 128 valence electrons. The summed E-state index contributed by atoms with van der Waals surface area (Å²) in [6.45, 7) is 3.86. The molecule has 5 nitrogen and oxygen atoms in total. The summed E-state index contributed by atoms with van der Waals surface area (Å²) in [5, 5.41) is 4.46. The molecule has 2 aromatic heterocycles. The summed E-state index contributed by atoms with van der Waals surface area (Å²) >= 11 is 0. The van der Waals surface area contributed by atoms with E-state index in [1.54, 1.807) is 16.9 Å². The molecule has 1 saturated heterocycles. The second-order valence-electron chi connectivity index (χ2n) is 6.66. The van der Waals surface area contributed by atoms with E-state index in [1.807, 2.05) is 41.3 Å². The molecule has 4 rings (SSSR count). The molecule has 0 unspecified atom stereocenters. The Balaban J connectivity index is 1.71. The molecule has 3 aromatic rings. The molecule has 1 aliphatic heterocycles. The van der Waals surface area contributed by atoms with Crippen molar-refractivity contribution >= 4 is 11.6 Å². The van der Waals surface area contributed by atoms with Gasteiger partial charge >= 0.3 is 0 Å². The molecule has 0 radical (unpaired) electrons. The minimum Gasteiger partial charge on any atom is -0.338 e. The Kier molecular flexibility index (Phi) is 4.22. The average Bonchev–Trinajstić information content (AvgIpc) is 3.12. The first-order valence-electron chi connectivity index (χ1n) is 8.95. The normalized spacial score (nSPS) is 17.8. The topological polar surface area (TPSA) is 50.5 Å². The van der Waals surface area contributed by atoms with E-state index >= 15 is 0 Å². The summed E-state index contributed by atoms with van der Waals surface area (Å²) in [6.07, 6.45) is 6.82. The van der Waals surface area contributed by atoms with E-state index in [9.17, 15) is 4.79 Å². The highest BCUT2D eigenvalue weighted by Crippen LogP contribution is 2.24. The number of carbonyl (C=O) groups is 1. The van der Waals surface area contributed by atoms with Crippen LogP contribution in [0, 0.1) is 5.92 Å². The molecule has 0 bridgehead atoms. The second kappa shape index (κ2) is 6.67. The Morgan fingerprint density at radius 3 is 2.88 bits per heavy atom. The summed E-state index contributed by atoms with van der Waals surface area (Å²) in [4.78, 5) is 19.4. The fourth-order valence-corrected chi connectivity index (χ4v) is 3.62. The van der Waals surface area contributed by atoms with Gasteiger partial charge in [-0.25, -0.2) is 9.50 Å². The predicted octanol–water partition coefficient (Wildman–Crippen LogP) is 3.66. The first-order chi connectivity index (χ1) is 12.3. The molecule has 0 spiro atoms. The van der Waals surface area contributed by atoms with Crippen LogP contribution in [0.15, 0.2) is 48.8 Å². The van der Waals surface area contributed by atoms with Crippen LogP contribution in [0.4, 0.5) is 0 Å². The summed E-state index contributed by atoms with van der Waals surface area (Å²) in [7, 11) is 0. The van der Waals surface area contributed by atoms with Crippen LogP contribution in [0.1, 0.15) is 36.5 Å². The van der Waals surface area contributed by atoms with E-state index in [0.717, 1.165) is 37.2 Å². The van der Waals surface area contributed by atoms with Gasteiger partial charge in [0, 0.05) is 24.8 Å². The first kappa shape index (κ1) is 15.8. The number of piperidine rings is 1. The molecule has 1 aromatic carbocycles. The molecule has 5 heteroatoms. The Bertz CT molecular complexity index is 887. The molecule has 0 aliphatic carbocycles. The molecule has 1 fully saturated rings. The Hall–Kier alpha value is -2.69. The van der Waals surface area contributed by atoms with Crippen molar-refractivity contribution in [3.05, 3.63) is 54.4 Å². The van der Waals surface area contributed by atoms with Gasteiger partial charge in [0.25, 0.3) is 5.91 Å². The van der Waals surface area contributed by atoms with Crippen molar-refractivity contribution in [2.45, 2.75) is 26.2 Å². The Labute approximate surface area is 147 Å². The van der Waals surface area contributed by atoms with Gasteiger partial charge in [-0.05, 0) is 24.8 Å². The number of amides is 1. The lowest BCUT2D eigenvalue weighted by atomic mass is 9.95. The predicted molar refractivity (Wildman–Crippen MR) is 97.3 cm³/mol. The van der Waals surface area contributed by atoms with Gasteiger partial charge in [0.05, 0.1) is 11.9 Å². The number of rotatable bonds is 3. The maximum Gasteiger partial charge on any atom is 0.259 e. The number of nitrogens with zero attached hydrogens (tertiary/aromatic N) is 4. The van der Waals surface area contributed by atoms with Crippen LogP contribution in [-0.4, -0.2) is 38.5 Å². The lowest BCUT2D eigenvalue weighted by Gasteiger charge is -2.32. The number of likely N-dealkylation sites (tertiary alicyclic amines) is 1. The molecule has 25 heavy (non-hydrogen) atoms. The molecular weight excluding hydrogens is 312 g/mol. The second-order valence-corrected chi connectivity index (χ2v) is 6.66. The van der Waals surface area contributed by atoms with Crippen molar-refractivity contribution < 1.29 is 4.79 Å². The Morgan fingerprint density at radius 1 is 1.24 bits per heavy atom. The number of carbonyl (C=O) groups excluding carboxylic acids is 1. The van der Waals surface area contributed by atoms with Crippen LogP contribution in [0.5, 0.6) is 0 Å². The van der Waals surface area contributed by atoms with E-state index in [2.05, 4.69) is 17.0 Å². The van der Waals surface area contributed by atoms with Gasteiger partial charge in [0.2, 0.25) is 0 Å². The van der Waals surface area contributed by atoms with Crippen molar-refractivity contribution in [3.8, 4) is 11.3 Å². The highest BCUT2D eigenvalue weighted by Gasteiger charge is 2.26. The standard InChI is InChI=1S/C20H22N4O/c1-2-15-7-6-12-23(14-15)20(25)17-13-22-24-18(10-11-21-19(17)24)16-8-4-3-5-9-16/h3-5,8-11,13,15H,2,6-7,12,14H2,1H3/t15-/m0/s1. The quantitative estimate of drug-likeness (QED) is 0.734. The SMILES string of the molecule is CC[C@H]1CCCN(C(=O)c2cnn3c(-c4ccccc4)ccnc23)C1. The number of aromatic nitrogens is 3. The highest BCUT2D eigenvalue weighted by atomic mass is 16.2. The van der Waals surface area contributed by atoms with Crippen LogP contribution < -0.4 is 0 Å². The minimum absolute atomic E-state index is 0.0471. The third-order valence-electron chi connectivity index (χ3n) is 5.08. The summed E-state index contributed by atoms with van der Waals surface area (Å²) < 4.78 is 1.77. The van der Waals surface area contributed by atoms with E-state index in [0.29, 0.717) is 17.1 Å². The number of hydrogen-bond donors (Lipinski definition) is 0. The van der Waals surface area contributed by atoms with Gasteiger partial charge in [-0.15, -0.1) is 0 Å². The minimum atomic E-state index is 0.0471. The lowest BCUT2D eigenvalue weighted by molar-refractivity contribution is 0.0673. The van der Waals surface area contributed by atoms with Gasteiger partial charge in [-0.2, -0.15) is 5.10 Å². The third kappa shape index (κ3) is 2.90. The van der Waals surface area contributed by atoms with E-state index in [4.69, 9.17) is 0 Å². The van der Waals surface area contributed by atoms with Gasteiger partial charge < -0.3 is 4.90 Å². The summed E-state index contributed by atoms with van der Waals surface area (Å²) in [5.41, 5.74) is 3.22. The van der Waals surface area contributed by atoms with Gasteiger partial charge in [-0.3, -0.25) is 4.79 Å². The lowest BCUT2D eigenvalue weighted by Crippen LogP contribution is -2.39. The van der Waals surface area contributed by atoms with Crippen molar-refractivity contribution in [3.63, 3.8) is 0 Å². The molecule has 1 atom stereocenters. The van der Waals surface area contributed by atoms with E-state index in [1.165, 1.54) is 6.42 Å². The molecular formula is C20H22N4O. The van der Waals surface area contributed by atoms with Crippen LogP contribution >= 0.6 is 0 Å². The number of hydrogen-bond acceptors (Lipinski definition) is 3. The zero-order chi connectivity index (χ0) is 17.2. The highest BCUT2D eigenvalue weighted by molar-refractivity contribution is 6.00. The van der Waals surface area contributed by atoms with Crippen LogP contribution in [0.25, 0.3) is 16.9 Å². The largest absolute Gasteiger partial charge is 0.338 e. The fourth-order valence-electron chi connectivity index (χ4n) is 3.62. The van der Waals surface area contributed by atoms with Gasteiger partial charge in [0.1, 0.15) is 5.56 Å². The van der Waals surface area contributed by atoms with E-state index < -0.39 is 0 Å². The molecule has 1 aliphatic rings. The molecule has 0 saturated carbocycles. The van der Waals surface area contributed by atoms with Crippen molar-refractivity contribution in [1.29, 1.82) is 0 Å². The zero-order valence-electron chi connectivity index (χ0n) is 14.4.